The quantitative estimate of drug-likeness (QED) is 0.530. The van der Waals surface area contributed by atoms with E-state index in [9.17, 15) is 5.11 Å². The lowest BCUT2D eigenvalue weighted by molar-refractivity contribution is 0.314. The number of aliphatic hydroxyl groups excluding tert-OH is 1. The largest absolute Gasteiger partial charge is 0.507 e. The molecule has 2 aromatic rings. The normalized spacial score (nSPS) is 20.5. The zero-order valence-electron chi connectivity index (χ0n) is 17.0. The molecule has 1 heterocycles. The second-order valence-corrected chi connectivity index (χ2v) is 9.09. The lowest BCUT2D eigenvalue weighted by Crippen LogP contribution is -2.40. The van der Waals surface area contributed by atoms with E-state index in [-0.39, 0.29) is 11.8 Å². The predicted molar refractivity (Wildman–Crippen MR) is 123 cm³/mol. The first-order valence-electron chi connectivity index (χ1n) is 10.2. The van der Waals surface area contributed by atoms with E-state index in [1.165, 1.54) is 25.7 Å². The number of hydrogen-bond acceptors (Lipinski definition) is 4. The van der Waals surface area contributed by atoms with Gasteiger partial charge >= 0.3 is 0 Å². The maximum absolute atomic E-state index is 10.3. The molecule has 0 bridgehead atoms. The minimum atomic E-state index is 0.0986. The predicted octanol–water partition coefficient (Wildman–Crippen LogP) is 6.44. The minimum absolute atomic E-state index is 0.0986. The van der Waals surface area contributed by atoms with Gasteiger partial charge in [0, 0.05) is 23.2 Å². The molecule has 0 spiro atoms. The summed E-state index contributed by atoms with van der Waals surface area (Å²) < 4.78 is 0. The molecule has 1 fully saturated rings. The van der Waals surface area contributed by atoms with Gasteiger partial charge in [-0.2, -0.15) is 0 Å². The summed E-state index contributed by atoms with van der Waals surface area (Å²) in [7, 11) is 0. The molecule has 28 heavy (non-hydrogen) atoms. The molecule has 1 aliphatic rings. The van der Waals surface area contributed by atoms with Crippen LogP contribution in [0.15, 0.2) is 55.3 Å². The smallest absolute Gasteiger partial charge is 0.127 e. The molecule has 1 unspecified atom stereocenters. The van der Waals surface area contributed by atoms with Crippen LogP contribution in [0.4, 0.5) is 5.69 Å². The summed E-state index contributed by atoms with van der Waals surface area (Å²) in [5.41, 5.74) is 9.30. The maximum Gasteiger partial charge on any atom is 0.127 e. The van der Waals surface area contributed by atoms with Crippen LogP contribution in [-0.2, 0) is 0 Å². The van der Waals surface area contributed by atoms with Crippen LogP contribution in [0, 0.1) is 11.8 Å². The zero-order chi connectivity index (χ0) is 20.3. The van der Waals surface area contributed by atoms with Crippen molar-refractivity contribution < 1.29 is 5.11 Å². The molecule has 0 saturated heterocycles. The van der Waals surface area contributed by atoms with Gasteiger partial charge in [0.2, 0.25) is 0 Å². The van der Waals surface area contributed by atoms with Crippen molar-refractivity contribution in [1.29, 1.82) is 0 Å². The van der Waals surface area contributed by atoms with E-state index in [1.54, 1.807) is 11.3 Å². The van der Waals surface area contributed by atoms with Crippen molar-refractivity contribution in [3.8, 4) is 10.4 Å². The number of rotatable bonds is 7. The van der Waals surface area contributed by atoms with Crippen LogP contribution < -0.4 is 10.6 Å². The molecule has 3 nitrogen and oxygen atoms in total. The molecule has 1 aromatic carbocycles. The summed E-state index contributed by atoms with van der Waals surface area (Å²) in [6.45, 7) is 13.3. The zero-order valence-corrected chi connectivity index (χ0v) is 17.8. The van der Waals surface area contributed by atoms with E-state index >= 15 is 0 Å². The van der Waals surface area contributed by atoms with Crippen molar-refractivity contribution in [3.05, 3.63) is 60.1 Å². The molecule has 150 valence electrons. The third kappa shape index (κ3) is 4.34. The molecule has 3 N–H and O–H groups in total. The van der Waals surface area contributed by atoms with Crippen LogP contribution in [0.3, 0.4) is 0 Å². The number of benzene rings is 1. The van der Waals surface area contributed by atoms with E-state index in [2.05, 4.69) is 50.1 Å². The van der Waals surface area contributed by atoms with E-state index in [0.717, 1.165) is 32.6 Å². The van der Waals surface area contributed by atoms with Gasteiger partial charge in [0.05, 0.1) is 10.6 Å². The lowest BCUT2D eigenvalue weighted by atomic mass is 9.81. The van der Waals surface area contributed by atoms with Crippen LogP contribution >= 0.6 is 11.3 Å². The summed E-state index contributed by atoms with van der Waals surface area (Å²) in [6.07, 6.45) is 4.82. The number of allylic oxidation sites excluding steroid dienone is 1. The number of thiophene rings is 1. The van der Waals surface area contributed by atoms with E-state index in [1.807, 2.05) is 18.2 Å². The number of nitrogens with two attached hydrogens (primary N) is 1. The first kappa shape index (κ1) is 20.7. The fourth-order valence-electron chi connectivity index (χ4n) is 4.08. The lowest BCUT2D eigenvalue weighted by Gasteiger charge is -2.38. The summed E-state index contributed by atoms with van der Waals surface area (Å²) in [5, 5.41) is 10.3. The van der Waals surface area contributed by atoms with Crippen LogP contribution in [0.1, 0.15) is 44.4 Å². The number of nitrogens with zero attached hydrogens (tertiary/aromatic N) is 1. The van der Waals surface area contributed by atoms with Gasteiger partial charge in [-0.05, 0) is 43.2 Å². The Morgan fingerprint density at radius 1 is 1.21 bits per heavy atom. The van der Waals surface area contributed by atoms with Crippen molar-refractivity contribution in [2.75, 3.05) is 11.4 Å². The van der Waals surface area contributed by atoms with Gasteiger partial charge in [0.25, 0.3) is 0 Å². The van der Waals surface area contributed by atoms with Crippen molar-refractivity contribution in [2.45, 2.75) is 45.6 Å². The number of aliphatic hydroxyl groups is 1. The Hall–Kier alpha value is -2.04. The minimum Gasteiger partial charge on any atom is -0.507 e. The van der Waals surface area contributed by atoms with Gasteiger partial charge in [0.1, 0.15) is 5.76 Å². The van der Waals surface area contributed by atoms with Crippen LogP contribution in [-0.4, -0.2) is 17.7 Å². The SMILES string of the molecule is C=C(O)c1sc(-c2ccccc2)cc1N(C(=C)C1CCC(C)CC1)C(C)CN. The average molecular weight is 397 g/mol. The third-order valence-corrected chi connectivity index (χ3v) is 7.09. The summed E-state index contributed by atoms with van der Waals surface area (Å²) in [6, 6.07) is 12.5. The van der Waals surface area contributed by atoms with Crippen LogP contribution in [0.25, 0.3) is 16.2 Å². The monoisotopic (exact) mass is 396 g/mol. The Morgan fingerprint density at radius 3 is 2.43 bits per heavy atom. The third-order valence-electron chi connectivity index (χ3n) is 5.87. The molecule has 0 amide bonds. The van der Waals surface area contributed by atoms with Gasteiger partial charge in [-0.1, -0.05) is 63.3 Å². The molecule has 1 aromatic heterocycles. The fourth-order valence-corrected chi connectivity index (χ4v) is 5.11. The highest BCUT2D eigenvalue weighted by atomic mass is 32.1. The Kier molecular flexibility index (Phi) is 6.63. The highest BCUT2D eigenvalue weighted by Crippen LogP contribution is 2.44. The Labute approximate surface area is 173 Å². The number of anilines is 1. The molecule has 4 heteroatoms. The Morgan fingerprint density at radius 2 is 1.86 bits per heavy atom. The second kappa shape index (κ2) is 8.97. The Balaban J connectivity index is 2.01. The molecular formula is C24H32N2OS. The average Bonchev–Trinajstić information content (AvgIpc) is 3.14. The first-order chi connectivity index (χ1) is 13.4. The molecule has 3 rings (SSSR count). The molecule has 0 radical (unpaired) electrons. The highest BCUT2D eigenvalue weighted by Gasteiger charge is 2.29. The van der Waals surface area contributed by atoms with Crippen molar-refractivity contribution in [2.24, 2.45) is 17.6 Å². The molecule has 1 atom stereocenters. The van der Waals surface area contributed by atoms with Crippen molar-refractivity contribution in [1.82, 2.24) is 0 Å². The summed E-state index contributed by atoms with van der Waals surface area (Å²) in [5.74, 6) is 1.36. The number of hydrogen-bond donors (Lipinski definition) is 2. The van der Waals surface area contributed by atoms with Crippen LogP contribution in [0.5, 0.6) is 0 Å². The van der Waals surface area contributed by atoms with Gasteiger partial charge in [-0.25, -0.2) is 0 Å². The van der Waals surface area contributed by atoms with E-state index < -0.39 is 0 Å². The maximum atomic E-state index is 10.3. The van der Waals surface area contributed by atoms with Gasteiger partial charge in [-0.3, -0.25) is 0 Å². The summed E-state index contributed by atoms with van der Waals surface area (Å²) >= 11 is 1.57. The standard InChI is InChI=1S/C24H32N2OS/c1-16-10-12-20(13-11-16)18(3)26(17(2)15-25)22-14-23(28-24(22)19(4)27)21-8-6-5-7-9-21/h5-9,14,16-17,20,27H,3-4,10-13,15,25H2,1-2H3. The first-order valence-corrected chi connectivity index (χ1v) is 11.0. The van der Waals surface area contributed by atoms with Gasteiger partial charge in [0.15, 0.2) is 0 Å². The van der Waals surface area contributed by atoms with Crippen molar-refractivity contribution >= 4 is 22.8 Å². The molecule has 1 saturated carbocycles. The fraction of sp³-hybridized carbons (Fsp3) is 0.417. The van der Waals surface area contributed by atoms with Crippen molar-refractivity contribution in [3.63, 3.8) is 0 Å². The topological polar surface area (TPSA) is 49.5 Å². The van der Waals surface area contributed by atoms with Crippen LogP contribution in [0.2, 0.25) is 0 Å². The van der Waals surface area contributed by atoms with E-state index in [4.69, 9.17) is 5.73 Å². The summed E-state index contributed by atoms with van der Waals surface area (Å²) in [4.78, 5) is 4.16. The molecule has 1 aliphatic carbocycles. The molecule has 0 aliphatic heterocycles. The molecular weight excluding hydrogens is 364 g/mol. The van der Waals surface area contributed by atoms with Gasteiger partial charge in [-0.15, -0.1) is 11.3 Å². The van der Waals surface area contributed by atoms with Gasteiger partial charge < -0.3 is 15.7 Å². The highest BCUT2D eigenvalue weighted by molar-refractivity contribution is 7.17. The Bertz CT molecular complexity index is 818. The second-order valence-electron chi connectivity index (χ2n) is 8.04. The van der Waals surface area contributed by atoms with E-state index in [0.29, 0.717) is 12.5 Å².